The van der Waals surface area contributed by atoms with E-state index in [4.69, 9.17) is 4.52 Å². The Kier molecular flexibility index (Phi) is 5.73. The largest absolute Gasteiger partial charge is 0.350 e. The van der Waals surface area contributed by atoms with Crippen LogP contribution in [0.25, 0.3) is 11.4 Å². The number of aryl methyl sites for hydroxylation is 2. The number of nitrogens with one attached hydrogen (secondary N) is 1. The van der Waals surface area contributed by atoms with Gasteiger partial charge in [0.15, 0.2) is 0 Å². The van der Waals surface area contributed by atoms with E-state index in [-0.39, 0.29) is 11.9 Å². The van der Waals surface area contributed by atoms with Crippen LogP contribution in [0.5, 0.6) is 0 Å². The van der Waals surface area contributed by atoms with Crippen molar-refractivity contribution in [2.24, 2.45) is 0 Å². The molecule has 0 aliphatic heterocycles. The molecule has 0 spiro atoms. The van der Waals surface area contributed by atoms with E-state index in [1.165, 1.54) is 5.56 Å². The van der Waals surface area contributed by atoms with E-state index in [1.807, 2.05) is 31.2 Å². The first-order chi connectivity index (χ1) is 12.7. The highest BCUT2D eigenvalue weighted by molar-refractivity contribution is 5.76. The van der Waals surface area contributed by atoms with Crippen molar-refractivity contribution >= 4 is 5.91 Å². The van der Waals surface area contributed by atoms with Crippen LogP contribution in [0.4, 0.5) is 0 Å². The quantitative estimate of drug-likeness (QED) is 0.705. The van der Waals surface area contributed by atoms with Crippen molar-refractivity contribution in [2.45, 2.75) is 39.2 Å². The van der Waals surface area contributed by atoms with Crippen LogP contribution >= 0.6 is 0 Å². The van der Waals surface area contributed by atoms with Gasteiger partial charge in [0, 0.05) is 30.8 Å². The number of nitrogens with zero attached hydrogens (tertiary/aromatic N) is 3. The van der Waals surface area contributed by atoms with Crippen molar-refractivity contribution < 1.29 is 9.32 Å². The van der Waals surface area contributed by atoms with Gasteiger partial charge in [0.05, 0.1) is 6.04 Å². The second-order valence-electron chi connectivity index (χ2n) is 6.14. The van der Waals surface area contributed by atoms with Gasteiger partial charge in [-0.15, -0.1) is 0 Å². The molecule has 3 rings (SSSR count). The predicted molar refractivity (Wildman–Crippen MR) is 98.2 cm³/mol. The number of amides is 1. The van der Waals surface area contributed by atoms with E-state index in [9.17, 15) is 4.79 Å². The zero-order valence-electron chi connectivity index (χ0n) is 15.0. The molecule has 2 heterocycles. The number of rotatable bonds is 7. The number of benzene rings is 1. The Morgan fingerprint density at radius 2 is 2.04 bits per heavy atom. The van der Waals surface area contributed by atoms with Crippen LogP contribution in [0.1, 0.15) is 43.3 Å². The maximum absolute atomic E-state index is 12.1. The number of hydrogen-bond acceptors (Lipinski definition) is 5. The van der Waals surface area contributed by atoms with Crippen molar-refractivity contribution in [3.05, 3.63) is 65.8 Å². The Balaban J connectivity index is 1.53. The molecule has 0 saturated heterocycles. The fourth-order valence-corrected chi connectivity index (χ4v) is 2.61. The first-order valence-corrected chi connectivity index (χ1v) is 8.77. The van der Waals surface area contributed by atoms with Crippen LogP contribution in [0, 0.1) is 0 Å². The fourth-order valence-electron chi connectivity index (χ4n) is 2.61. The molecule has 0 fully saturated rings. The molecule has 6 nitrogen and oxygen atoms in total. The maximum Gasteiger partial charge on any atom is 0.227 e. The Labute approximate surface area is 152 Å². The fraction of sp³-hybridized carbons (Fsp3) is 0.300. The van der Waals surface area contributed by atoms with Gasteiger partial charge in [-0.2, -0.15) is 4.98 Å². The normalized spacial score (nSPS) is 11.9. The van der Waals surface area contributed by atoms with Gasteiger partial charge in [-0.25, -0.2) is 0 Å². The van der Waals surface area contributed by atoms with E-state index in [0.717, 1.165) is 17.5 Å². The lowest BCUT2D eigenvalue weighted by Gasteiger charge is -2.13. The van der Waals surface area contributed by atoms with Gasteiger partial charge in [0.2, 0.25) is 17.6 Å². The summed E-state index contributed by atoms with van der Waals surface area (Å²) in [7, 11) is 0. The van der Waals surface area contributed by atoms with Crippen LogP contribution in [-0.4, -0.2) is 21.0 Å². The average Bonchev–Trinajstić information content (AvgIpc) is 3.16. The average molecular weight is 350 g/mol. The molecule has 1 atom stereocenters. The van der Waals surface area contributed by atoms with Gasteiger partial charge in [-0.3, -0.25) is 9.78 Å². The van der Waals surface area contributed by atoms with Crippen molar-refractivity contribution in [3.8, 4) is 11.4 Å². The molecule has 1 N–H and O–H groups in total. The smallest absolute Gasteiger partial charge is 0.227 e. The molecule has 3 aromatic rings. The molecule has 1 aromatic carbocycles. The monoisotopic (exact) mass is 350 g/mol. The second kappa shape index (κ2) is 8.38. The lowest BCUT2D eigenvalue weighted by Crippen LogP contribution is -2.26. The Bertz CT molecular complexity index is 844. The lowest BCUT2D eigenvalue weighted by molar-refractivity contribution is -0.121. The minimum Gasteiger partial charge on any atom is -0.350 e. The summed E-state index contributed by atoms with van der Waals surface area (Å²) >= 11 is 0. The molecule has 1 amide bonds. The number of carbonyl (C=O) groups is 1. The minimum atomic E-state index is -0.0912. The minimum absolute atomic E-state index is 0.0617. The van der Waals surface area contributed by atoms with Crippen molar-refractivity contribution in [1.82, 2.24) is 20.4 Å². The predicted octanol–water partition coefficient (Wildman–Crippen LogP) is 3.50. The summed E-state index contributed by atoms with van der Waals surface area (Å²) in [5, 5.41) is 6.95. The highest BCUT2D eigenvalue weighted by atomic mass is 16.5. The highest BCUT2D eigenvalue weighted by Crippen LogP contribution is 2.17. The third-order valence-electron chi connectivity index (χ3n) is 4.22. The Morgan fingerprint density at radius 3 is 2.73 bits per heavy atom. The van der Waals surface area contributed by atoms with Crippen LogP contribution in [-0.2, 0) is 17.6 Å². The molecule has 0 radical (unpaired) electrons. The molecule has 26 heavy (non-hydrogen) atoms. The van der Waals surface area contributed by atoms with E-state index < -0.39 is 0 Å². The molecular weight excluding hydrogens is 328 g/mol. The van der Waals surface area contributed by atoms with Crippen molar-refractivity contribution in [1.29, 1.82) is 0 Å². The second-order valence-corrected chi connectivity index (χ2v) is 6.14. The SMILES string of the molecule is CCc1ccc(-c2noc(CCC(=O)N[C@@H](C)c3cccnc3)n2)cc1. The molecule has 0 bridgehead atoms. The van der Waals surface area contributed by atoms with E-state index in [0.29, 0.717) is 24.6 Å². The van der Waals surface area contributed by atoms with Gasteiger partial charge in [0.25, 0.3) is 0 Å². The number of carbonyl (C=O) groups excluding carboxylic acids is 1. The van der Waals surface area contributed by atoms with E-state index in [2.05, 4.69) is 39.5 Å². The van der Waals surface area contributed by atoms with E-state index >= 15 is 0 Å². The lowest BCUT2D eigenvalue weighted by atomic mass is 10.1. The van der Waals surface area contributed by atoms with Crippen LogP contribution in [0.3, 0.4) is 0 Å². The summed E-state index contributed by atoms with van der Waals surface area (Å²) in [6, 6.07) is 11.8. The maximum atomic E-state index is 12.1. The zero-order chi connectivity index (χ0) is 18.4. The van der Waals surface area contributed by atoms with Gasteiger partial charge in [-0.1, -0.05) is 42.4 Å². The topological polar surface area (TPSA) is 80.9 Å². The molecule has 0 unspecified atom stereocenters. The summed E-state index contributed by atoms with van der Waals surface area (Å²) in [4.78, 5) is 20.6. The number of hydrogen-bond donors (Lipinski definition) is 1. The molecule has 2 aromatic heterocycles. The summed E-state index contributed by atoms with van der Waals surface area (Å²) < 4.78 is 5.26. The number of pyridine rings is 1. The molecule has 0 aliphatic carbocycles. The molecule has 134 valence electrons. The summed E-state index contributed by atoms with van der Waals surface area (Å²) in [6.07, 6.45) is 5.15. The third-order valence-corrected chi connectivity index (χ3v) is 4.22. The van der Waals surface area contributed by atoms with E-state index in [1.54, 1.807) is 12.4 Å². The summed E-state index contributed by atoms with van der Waals surface area (Å²) in [5.41, 5.74) is 3.14. The Morgan fingerprint density at radius 1 is 1.23 bits per heavy atom. The van der Waals surface area contributed by atoms with Crippen LogP contribution in [0.15, 0.2) is 53.3 Å². The van der Waals surface area contributed by atoms with Gasteiger partial charge in [-0.05, 0) is 30.5 Å². The number of aromatic nitrogens is 3. The van der Waals surface area contributed by atoms with Crippen LogP contribution in [0.2, 0.25) is 0 Å². The first kappa shape index (κ1) is 17.8. The van der Waals surface area contributed by atoms with Crippen molar-refractivity contribution in [3.63, 3.8) is 0 Å². The molecule has 6 heteroatoms. The molecule has 0 aliphatic rings. The van der Waals surface area contributed by atoms with Crippen LogP contribution < -0.4 is 5.32 Å². The highest BCUT2D eigenvalue weighted by Gasteiger charge is 2.13. The Hall–Kier alpha value is -3.02. The summed E-state index contributed by atoms with van der Waals surface area (Å²) in [6.45, 7) is 4.04. The van der Waals surface area contributed by atoms with Gasteiger partial charge in [0.1, 0.15) is 0 Å². The van der Waals surface area contributed by atoms with Gasteiger partial charge >= 0.3 is 0 Å². The molecule has 0 saturated carbocycles. The van der Waals surface area contributed by atoms with Gasteiger partial charge < -0.3 is 9.84 Å². The zero-order valence-corrected chi connectivity index (χ0v) is 15.0. The molecular formula is C20H22N4O2. The summed E-state index contributed by atoms with van der Waals surface area (Å²) in [5.74, 6) is 0.948. The standard InChI is InChI=1S/C20H22N4O2/c1-3-15-6-8-16(9-7-15)20-23-19(26-24-20)11-10-18(25)22-14(2)17-5-4-12-21-13-17/h4-9,12-14H,3,10-11H2,1-2H3,(H,22,25)/t14-/m0/s1. The third kappa shape index (κ3) is 4.53. The van der Waals surface area contributed by atoms with Crippen molar-refractivity contribution in [2.75, 3.05) is 0 Å². The first-order valence-electron chi connectivity index (χ1n) is 8.77.